The standard InChI is InChI=1S/C26H27F4N5O2/c1-14-6-17(19-4-5-33-24-22(19)18(8-31)9-34-24)7-20(27)23(14)26(37)15(2)11-35(12-16(26)3)21(36)10-32-13-25(28,29)30/h4-7,9,15-16,32,37H,10-13H2,1-3H3,(H,33,34)/t15-,16+,26?. The molecule has 1 unspecified atom stereocenters. The molecule has 0 aliphatic carbocycles. The summed E-state index contributed by atoms with van der Waals surface area (Å²) in [4.78, 5) is 21.1. The van der Waals surface area contributed by atoms with E-state index in [2.05, 4.69) is 21.4 Å². The molecule has 1 saturated heterocycles. The predicted octanol–water partition coefficient (Wildman–Crippen LogP) is 4.00. The number of aryl methyl sites for hydroxylation is 1. The molecule has 3 aromatic rings. The van der Waals surface area contributed by atoms with E-state index in [0.29, 0.717) is 33.3 Å². The fourth-order valence-corrected chi connectivity index (χ4v) is 5.41. The van der Waals surface area contributed by atoms with Gasteiger partial charge in [-0.05, 0) is 35.7 Å². The molecule has 196 valence electrons. The molecule has 0 saturated carbocycles. The Morgan fingerprint density at radius 3 is 2.59 bits per heavy atom. The number of nitrogens with one attached hydrogen (secondary N) is 2. The van der Waals surface area contributed by atoms with Gasteiger partial charge in [0.25, 0.3) is 0 Å². The number of nitriles is 1. The predicted molar refractivity (Wildman–Crippen MR) is 129 cm³/mol. The smallest absolute Gasteiger partial charge is 0.384 e. The summed E-state index contributed by atoms with van der Waals surface area (Å²) >= 11 is 0. The van der Waals surface area contributed by atoms with Crippen molar-refractivity contribution >= 4 is 16.9 Å². The van der Waals surface area contributed by atoms with Gasteiger partial charge in [0, 0.05) is 48.3 Å². The molecular formula is C26H27F4N5O2. The van der Waals surface area contributed by atoms with Crippen LogP contribution >= 0.6 is 0 Å². The SMILES string of the molecule is Cc1cc(-c2ccnc3[nH]cc(C#N)c23)cc(F)c1C1(O)[C@H](C)CN(C(=O)CNCC(F)(F)F)C[C@@H]1C. The van der Waals surface area contributed by atoms with Crippen molar-refractivity contribution in [1.29, 1.82) is 5.26 Å². The largest absolute Gasteiger partial charge is 0.401 e. The van der Waals surface area contributed by atoms with Gasteiger partial charge >= 0.3 is 6.18 Å². The van der Waals surface area contributed by atoms with Crippen LogP contribution < -0.4 is 5.32 Å². The molecule has 0 spiro atoms. The number of aromatic nitrogens is 2. The van der Waals surface area contributed by atoms with Crippen molar-refractivity contribution in [3.63, 3.8) is 0 Å². The van der Waals surface area contributed by atoms with E-state index >= 15 is 4.39 Å². The number of halogens is 4. The van der Waals surface area contributed by atoms with Crippen molar-refractivity contribution in [2.75, 3.05) is 26.2 Å². The molecule has 1 fully saturated rings. The van der Waals surface area contributed by atoms with E-state index in [9.17, 15) is 28.3 Å². The Labute approximate surface area is 211 Å². The van der Waals surface area contributed by atoms with E-state index < -0.39 is 48.4 Å². The van der Waals surface area contributed by atoms with E-state index in [1.807, 2.05) is 0 Å². The zero-order valence-corrected chi connectivity index (χ0v) is 20.6. The van der Waals surface area contributed by atoms with Gasteiger partial charge < -0.3 is 20.3 Å². The fourth-order valence-electron chi connectivity index (χ4n) is 5.41. The van der Waals surface area contributed by atoms with Crippen molar-refractivity contribution in [3.05, 3.63) is 53.1 Å². The highest BCUT2D eigenvalue weighted by Gasteiger charge is 2.49. The number of aliphatic hydroxyl groups is 1. The highest BCUT2D eigenvalue weighted by atomic mass is 19.4. The van der Waals surface area contributed by atoms with Crippen LogP contribution in [0.3, 0.4) is 0 Å². The van der Waals surface area contributed by atoms with Crippen LogP contribution in [0.5, 0.6) is 0 Å². The third-order valence-electron chi connectivity index (χ3n) is 7.14. The molecule has 7 nitrogen and oxygen atoms in total. The summed E-state index contributed by atoms with van der Waals surface area (Å²) in [6.07, 6.45) is -1.33. The maximum atomic E-state index is 15.8. The zero-order valence-electron chi connectivity index (χ0n) is 20.6. The lowest BCUT2D eigenvalue weighted by atomic mass is 9.69. The first-order chi connectivity index (χ1) is 17.4. The van der Waals surface area contributed by atoms with Gasteiger partial charge in [-0.3, -0.25) is 4.79 Å². The van der Waals surface area contributed by atoms with Crippen LogP contribution in [0, 0.1) is 35.9 Å². The highest BCUT2D eigenvalue weighted by Crippen LogP contribution is 2.45. The Morgan fingerprint density at radius 1 is 1.32 bits per heavy atom. The molecule has 1 aliphatic rings. The Bertz CT molecular complexity index is 1340. The van der Waals surface area contributed by atoms with Crippen LogP contribution in [0.4, 0.5) is 17.6 Å². The van der Waals surface area contributed by atoms with Crippen LogP contribution in [0.2, 0.25) is 0 Å². The van der Waals surface area contributed by atoms with Crippen LogP contribution in [0.25, 0.3) is 22.2 Å². The second-order valence-electron chi connectivity index (χ2n) is 9.69. The minimum Gasteiger partial charge on any atom is -0.384 e. The molecule has 1 aliphatic heterocycles. The van der Waals surface area contributed by atoms with Crippen LogP contribution in [-0.2, 0) is 10.4 Å². The highest BCUT2D eigenvalue weighted by molar-refractivity contribution is 5.97. The van der Waals surface area contributed by atoms with Gasteiger partial charge in [-0.15, -0.1) is 0 Å². The second-order valence-corrected chi connectivity index (χ2v) is 9.69. The third kappa shape index (κ3) is 4.91. The Morgan fingerprint density at radius 2 is 2.00 bits per heavy atom. The maximum Gasteiger partial charge on any atom is 0.401 e. The Hall–Kier alpha value is -3.49. The number of hydrogen-bond donors (Lipinski definition) is 3. The minimum atomic E-state index is -4.43. The van der Waals surface area contributed by atoms with Gasteiger partial charge in [-0.1, -0.05) is 19.9 Å². The molecule has 3 heterocycles. The van der Waals surface area contributed by atoms with E-state index in [-0.39, 0.29) is 18.7 Å². The molecule has 11 heteroatoms. The van der Waals surface area contributed by atoms with Crippen molar-refractivity contribution in [3.8, 4) is 17.2 Å². The number of nitrogens with zero attached hydrogens (tertiary/aromatic N) is 3. The number of rotatable bonds is 5. The number of H-pyrrole nitrogens is 1. The van der Waals surface area contributed by atoms with Crippen LogP contribution in [0.15, 0.2) is 30.6 Å². The number of alkyl halides is 3. The lowest BCUT2D eigenvalue weighted by Crippen LogP contribution is -2.57. The molecule has 4 rings (SSSR count). The number of aromatic amines is 1. The maximum absolute atomic E-state index is 15.8. The monoisotopic (exact) mass is 517 g/mol. The minimum absolute atomic E-state index is 0.0634. The summed E-state index contributed by atoms with van der Waals surface area (Å²) < 4.78 is 53.0. The lowest BCUT2D eigenvalue weighted by molar-refractivity contribution is -0.149. The summed E-state index contributed by atoms with van der Waals surface area (Å²) in [5.74, 6) is -2.32. The van der Waals surface area contributed by atoms with E-state index in [1.165, 1.54) is 11.0 Å². The molecule has 3 atom stereocenters. The topological polar surface area (TPSA) is 105 Å². The van der Waals surface area contributed by atoms with Crippen molar-refractivity contribution < 1.29 is 27.5 Å². The average Bonchev–Trinajstić information content (AvgIpc) is 3.24. The molecule has 2 aromatic heterocycles. The van der Waals surface area contributed by atoms with Crippen molar-refractivity contribution in [2.45, 2.75) is 32.5 Å². The van der Waals surface area contributed by atoms with E-state index in [0.717, 1.165) is 0 Å². The summed E-state index contributed by atoms with van der Waals surface area (Å²) in [6, 6.07) is 6.87. The number of hydrogen-bond acceptors (Lipinski definition) is 5. The number of amides is 1. The molecular weight excluding hydrogens is 490 g/mol. The van der Waals surface area contributed by atoms with Gasteiger partial charge in [0.05, 0.1) is 18.7 Å². The van der Waals surface area contributed by atoms with E-state index in [1.54, 1.807) is 45.3 Å². The number of carbonyl (C=O) groups excluding carboxylic acids is 1. The lowest BCUT2D eigenvalue weighted by Gasteiger charge is -2.48. The van der Waals surface area contributed by atoms with Gasteiger partial charge in [-0.25, -0.2) is 9.37 Å². The molecule has 37 heavy (non-hydrogen) atoms. The number of piperidine rings is 1. The van der Waals surface area contributed by atoms with Gasteiger partial charge in [0.2, 0.25) is 5.91 Å². The number of fused-ring (bicyclic) bond motifs is 1. The first kappa shape index (κ1) is 26.6. The first-order valence-corrected chi connectivity index (χ1v) is 11.8. The van der Waals surface area contributed by atoms with Crippen LogP contribution in [-0.4, -0.2) is 58.2 Å². The number of likely N-dealkylation sites (tertiary alicyclic amines) is 1. The van der Waals surface area contributed by atoms with Crippen molar-refractivity contribution in [2.24, 2.45) is 11.8 Å². The van der Waals surface area contributed by atoms with Gasteiger partial charge in [0.15, 0.2) is 0 Å². The number of benzene rings is 1. The average molecular weight is 518 g/mol. The van der Waals surface area contributed by atoms with Gasteiger partial charge in [-0.2, -0.15) is 18.4 Å². The fraction of sp³-hybridized carbons (Fsp3) is 0.423. The van der Waals surface area contributed by atoms with Crippen molar-refractivity contribution in [1.82, 2.24) is 20.2 Å². The molecule has 1 aromatic carbocycles. The molecule has 0 radical (unpaired) electrons. The zero-order chi connectivity index (χ0) is 27.1. The first-order valence-electron chi connectivity index (χ1n) is 11.8. The summed E-state index contributed by atoms with van der Waals surface area (Å²) in [6.45, 7) is 3.44. The Balaban J connectivity index is 1.63. The summed E-state index contributed by atoms with van der Waals surface area (Å²) in [5, 5.41) is 23.9. The number of pyridine rings is 1. The van der Waals surface area contributed by atoms with Crippen LogP contribution in [0.1, 0.15) is 30.5 Å². The third-order valence-corrected chi connectivity index (χ3v) is 7.14. The number of carbonyl (C=O) groups is 1. The quantitative estimate of drug-likeness (QED) is 0.444. The molecule has 0 bridgehead atoms. The summed E-state index contributed by atoms with van der Waals surface area (Å²) in [7, 11) is 0. The van der Waals surface area contributed by atoms with E-state index in [4.69, 9.17) is 0 Å². The van der Waals surface area contributed by atoms with Gasteiger partial charge in [0.1, 0.15) is 23.1 Å². The normalized spacial score (nSPS) is 22.3. The second kappa shape index (κ2) is 9.76. The Kier molecular flexibility index (Phi) is 7.01. The summed E-state index contributed by atoms with van der Waals surface area (Å²) in [5.41, 5.74) is 1.04. The molecule has 3 N–H and O–H groups in total. The molecule has 1 amide bonds.